The molecule has 4 nitrogen and oxygen atoms in total. The topological polar surface area (TPSA) is 52.6 Å². The molecule has 0 bridgehead atoms. The van der Waals surface area contributed by atoms with Gasteiger partial charge in [0.2, 0.25) is 0 Å². The molecular weight excluding hydrogens is 320 g/mol. The lowest BCUT2D eigenvalue weighted by molar-refractivity contribution is -0.145. The van der Waals surface area contributed by atoms with Crippen LogP contribution in [0.5, 0.6) is 0 Å². The minimum atomic E-state index is -0.240. The number of carbonyl (C=O) groups excluding carboxylic acids is 2. The molecule has 0 aromatic heterocycles. The third kappa shape index (κ3) is 9.62. The van der Waals surface area contributed by atoms with E-state index in [0.717, 1.165) is 0 Å². The van der Waals surface area contributed by atoms with Gasteiger partial charge in [-0.3, -0.25) is 9.59 Å². The van der Waals surface area contributed by atoms with Crippen LogP contribution in [-0.4, -0.2) is 35.7 Å². The molecule has 2 unspecified atom stereocenters. The first kappa shape index (κ1) is 21.6. The second-order valence-electron chi connectivity index (χ2n) is 6.03. The van der Waals surface area contributed by atoms with Gasteiger partial charge < -0.3 is 9.47 Å². The summed E-state index contributed by atoms with van der Waals surface area (Å²) in [6.07, 6.45) is 1.37. The Bertz CT molecular complexity index is 300. The van der Waals surface area contributed by atoms with Gasteiger partial charge in [-0.1, -0.05) is 63.1 Å². The summed E-state index contributed by atoms with van der Waals surface area (Å²) in [7, 11) is 2.84. The highest BCUT2D eigenvalue weighted by molar-refractivity contribution is 8.77. The summed E-state index contributed by atoms with van der Waals surface area (Å²) in [5.41, 5.74) is 0. The van der Waals surface area contributed by atoms with Gasteiger partial charge in [-0.05, 0) is 24.7 Å². The summed E-state index contributed by atoms with van der Waals surface area (Å²) >= 11 is 0. The predicted octanol–water partition coefficient (Wildman–Crippen LogP) is 4.32. The smallest absolute Gasteiger partial charge is 0.319 e. The predicted molar refractivity (Wildman–Crippen MR) is 94.9 cm³/mol. The lowest BCUT2D eigenvalue weighted by atomic mass is 10.2. The molecule has 0 fully saturated rings. The van der Waals surface area contributed by atoms with Crippen molar-refractivity contribution in [2.45, 2.75) is 64.9 Å². The number of hydrogen-bond donors (Lipinski definition) is 0. The van der Waals surface area contributed by atoms with E-state index in [9.17, 15) is 9.59 Å². The Labute approximate surface area is 142 Å². The van der Waals surface area contributed by atoms with E-state index in [4.69, 9.17) is 9.47 Å². The van der Waals surface area contributed by atoms with Gasteiger partial charge in [-0.15, -0.1) is 0 Å². The molecule has 0 N–H and O–H groups in total. The van der Waals surface area contributed by atoms with Gasteiger partial charge in [0.1, 0.15) is 10.5 Å². The molecule has 0 aromatic carbocycles. The summed E-state index contributed by atoms with van der Waals surface area (Å²) in [4.78, 5) is 24.0. The van der Waals surface area contributed by atoms with Crippen LogP contribution in [0.15, 0.2) is 0 Å². The van der Waals surface area contributed by atoms with Gasteiger partial charge in [-0.25, -0.2) is 0 Å². The number of carbonyl (C=O) groups is 2. The standard InChI is InChI=1S/C16H30O4S2/c1-7-13(15(17)19-9-11(3)4)21-22-14(8-2)16(18)20-10-12(5)6/h11-14H,7-10H2,1-6H3. The average Bonchev–Trinajstić information content (AvgIpc) is 2.46. The van der Waals surface area contributed by atoms with Crippen LogP contribution in [0.2, 0.25) is 0 Å². The Hall–Kier alpha value is -0.360. The molecule has 6 heteroatoms. The first-order valence-corrected chi connectivity index (χ1v) is 10.2. The lowest BCUT2D eigenvalue weighted by Gasteiger charge is -2.18. The fourth-order valence-corrected chi connectivity index (χ4v) is 4.29. The lowest BCUT2D eigenvalue weighted by Crippen LogP contribution is -2.24. The maximum absolute atomic E-state index is 12.0. The number of hydrogen-bond acceptors (Lipinski definition) is 6. The van der Waals surface area contributed by atoms with Crippen LogP contribution in [0.1, 0.15) is 54.4 Å². The molecule has 0 rings (SSSR count). The average molecular weight is 351 g/mol. The molecule has 0 heterocycles. The Balaban J connectivity index is 4.32. The Morgan fingerprint density at radius 3 is 1.32 bits per heavy atom. The summed E-state index contributed by atoms with van der Waals surface area (Å²) < 4.78 is 10.5. The Morgan fingerprint density at radius 1 is 0.773 bits per heavy atom. The van der Waals surface area contributed by atoms with E-state index in [-0.39, 0.29) is 22.4 Å². The third-order valence-electron chi connectivity index (χ3n) is 2.67. The van der Waals surface area contributed by atoms with Crippen LogP contribution in [0.4, 0.5) is 0 Å². The minimum Gasteiger partial charge on any atom is -0.465 e. The summed E-state index contributed by atoms with van der Waals surface area (Å²) in [6.45, 7) is 12.8. The zero-order valence-corrected chi connectivity index (χ0v) is 16.2. The van der Waals surface area contributed by atoms with Crippen LogP contribution in [-0.2, 0) is 19.1 Å². The van der Waals surface area contributed by atoms with Crippen LogP contribution in [0.25, 0.3) is 0 Å². The number of ether oxygens (including phenoxy) is 2. The fraction of sp³-hybridized carbons (Fsp3) is 0.875. The molecule has 0 aliphatic rings. The van der Waals surface area contributed by atoms with E-state index in [0.29, 0.717) is 37.9 Å². The van der Waals surface area contributed by atoms with E-state index in [1.165, 1.54) is 21.6 Å². The van der Waals surface area contributed by atoms with Gasteiger partial charge in [0.05, 0.1) is 13.2 Å². The van der Waals surface area contributed by atoms with Crippen molar-refractivity contribution < 1.29 is 19.1 Å². The maximum Gasteiger partial charge on any atom is 0.319 e. The molecule has 0 saturated carbocycles. The number of esters is 2. The molecule has 0 amide bonds. The van der Waals surface area contributed by atoms with Gasteiger partial charge >= 0.3 is 11.9 Å². The van der Waals surface area contributed by atoms with Crippen molar-refractivity contribution in [1.29, 1.82) is 0 Å². The molecule has 0 aliphatic carbocycles. The third-order valence-corrected chi connectivity index (χ3v) is 6.03. The minimum absolute atomic E-state index is 0.195. The molecule has 0 spiro atoms. The van der Waals surface area contributed by atoms with Crippen molar-refractivity contribution in [2.75, 3.05) is 13.2 Å². The summed E-state index contributed by atoms with van der Waals surface area (Å²) in [5.74, 6) is 0.264. The molecule has 0 radical (unpaired) electrons. The molecule has 0 aliphatic heterocycles. The van der Waals surface area contributed by atoms with Gasteiger partial charge in [0, 0.05) is 0 Å². The second kappa shape index (κ2) is 12.1. The second-order valence-corrected chi connectivity index (χ2v) is 8.71. The normalized spacial score (nSPS) is 14.0. The molecule has 22 heavy (non-hydrogen) atoms. The largest absolute Gasteiger partial charge is 0.465 e. The summed E-state index contributed by atoms with van der Waals surface area (Å²) in [5, 5.41) is -0.480. The first-order chi connectivity index (χ1) is 10.3. The zero-order chi connectivity index (χ0) is 17.1. The van der Waals surface area contributed by atoms with E-state index < -0.39 is 0 Å². The van der Waals surface area contributed by atoms with Crippen LogP contribution in [0, 0.1) is 11.8 Å². The molecular formula is C16H30O4S2. The Kier molecular flexibility index (Phi) is 11.9. The molecule has 0 aromatic rings. The van der Waals surface area contributed by atoms with Crippen molar-refractivity contribution in [2.24, 2.45) is 11.8 Å². The molecule has 0 saturated heterocycles. The first-order valence-electron chi connectivity index (χ1n) is 7.97. The van der Waals surface area contributed by atoms with Crippen molar-refractivity contribution >= 4 is 33.5 Å². The van der Waals surface area contributed by atoms with Crippen molar-refractivity contribution in [1.82, 2.24) is 0 Å². The van der Waals surface area contributed by atoms with Crippen LogP contribution < -0.4 is 0 Å². The highest BCUT2D eigenvalue weighted by Crippen LogP contribution is 2.35. The number of rotatable bonds is 11. The van der Waals surface area contributed by atoms with Gasteiger partial charge in [0.25, 0.3) is 0 Å². The van der Waals surface area contributed by atoms with Crippen molar-refractivity contribution in [3.63, 3.8) is 0 Å². The van der Waals surface area contributed by atoms with E-state index in [1.807, 2.05) is 41.5 Å². The van der Waals surface area contributed by atoms with Crippen LogP contribution in [0.3, 0.4) is 0 Å². The zero-order valence-electron chi connectivity index (χ0n) is 14.6. The van der Waals surface area contributed by atoms with E-state index in [1.54, 1.807) is 0 Å². The quantitative estimate of drug-likeness (QED) is 0.408. The fourth-order valence-electron chi connectivity index (χ4n) is 1.37. The van der Waals surface area contributed by atoms with Gasteiger partial charge in [-0.2, -0.15) is 0 Å². The van der Waals surface area contributed by atoms with Crippen molar-refractivity contribution in [3.8, 4) is 0 Å². The monoisotopic (exact) mass is 350 g/mol. The summed E-state index contributed by atoms with van der Waals surface area (Å²) in [6, 6.07) is 0. The highest BCUT2D eigenvalue weighted by atomic mass is 33.1. The maximum atomic E-state index is 12.0. The van der Waals surface area contributed by atoms with Crippen LogP contribution >= 0.6 is 21.6 Å². The highest BCUT2D eigenvalue weighted by Gasteiger charge is 2.25. The van der Waals surface area contributed by atoms with E-state index in [2.05, 4.69) is 0 Å². The van der Waals surface area contributed by atoms with Gasteiger partial charge in [0.15, 0.2) is 0 Å². The molecule has 2 atom stereocenters. The van der Waals surface area contributed by atoms with Crippen molar-refractivity contribution in [3.05, 3.63) is 0 Å². The van der Waals surface area contributed by atoms with E-state index >= 15 is 0 Å². The SMILES string of the molecule is CCC(SSC(CC)C(=O)OCC(C)C)C(=O)OCC(C)C. The molecule has 130 valence electrons. The Morgan fingerprint density at radius 2 is 1.09 bits per heavy atom.